The zero-order chi connectivity index (χ0) is 16.1. The number of amides is 1. The number of ether oxygens (including phenoxy) is 3. The summed E-state index contributed by atoms with van der Waals surface area (Å²) in [6, 6.07) is 12.8. The monoisotopic (exact) mass is 314 g/mol. The zero-order valence-corrected chi connectivity index (χ0v) is 12.8. The van der Waals surface area contributed by atoms with Crippen molar-refractivity contribution in [3.8, 4) is 17.2 Å². The average molecular weight is 314 g/mol. The van der Waals surface area contributed by atoms with E-state index in [-0.39, 0.29) is 12.5 Å². The van der Waals surface area contributed by atoms with Gasteiger partial charge in [-0.1, -0.05) is 12.1 Å². The predicted octanol–water partition coefficient (Wildman–Crippen LogP) is 2.52. The lowest BCUT2D eigenvalue weighted by atomic mass is 10.2. The molecule has 120 valence electrons. The first-order chi connectivity index (χ1) is 11.3. The molecule has 1 heterocycles. The Labute approximate surface area is 134 Å². The van der Waals surface area contributed by atoms with Gasteiger partial charge < -0.3 is 24.8 Å². The van der Waals surface area contributed by atoms with Crippen LogP contribution in [0.15, 0.2) is 42.5 Å². The normalized spacial score (nSPS) is 12.4. The van der Waals surface area contributed by atoms with Gasteiger partial charge in [0.1, 0.15) is 19.0 Å². The van der Waals surface area contributed by atoms with Crippen LogP contribution in [0.1, 0.15) is 0 Å². The van der Waals surface area contributed by atoms with Crippen molar-refractivity contribution in [1.29, 1.82) is 0 Å². The third kappa shape index (κ3) is 3.66. The van der Waals surface area contributed by atoms with E-state index < -0.39 is 0 Å². The first-order valence-electron chi connectivity index (χ1n) is 7.32. The molecule has 0 radical (unpaired) electrons. The largest absolute Gasteiger partial charge is 0.495 e. The molecule has 1 aliphatic rings. The van der Waals surface area contributed by atoms with E-state index in [0.29, 0.717) is 36.1 Å². The molecule has 6 heteroatoms. The molecule has 1 amide bonds. The Hall–Kier alpha value is -2.89. The van der Waals surface area contributed by atoms with Crippen LogP contribution >= 0.6 is 0 Å². The topological polar surface area (TPSA) is 68.8 Å². The highest BCUT2D eigenvalue weighted by Crippen LogP contribution is 2.32. The van der Waals surface area contributed by atoms with Crippen LogP contribution in [0.3, 0.4) is 0 Å². The van der Waals surface area contributed by atoms with Gasteiger partial charge in [-0.2, -0.15) is 0 Å². The van der Waals surface area contributed by atoms with Crippen molar-refractivity contribution in [3.05, 3.63) is 42.5 Å². The SMILES string of the molecule is COc1ccccc1NCC(=O)Nc1ccc2c(c1)OCCO2. The second-order valence-electron chi connectivity index (χ2n) is 4.96. The number of hydrogen-bond donors (Lipinski definition) is 2. The highest BCUT2D eigenvalue weighted by Gasteiger charge is 2.13. The average Bonchev–Trinajstić information content (AvgIpc) is 2.60. The molecule has 0 saturated heterocycles. The summed E-state index contributed by atoms with van der Waals surface area (Å²) in [4.78, 5) is 12.1. The minimum absolute atomic E-state index is 0.134. The molecule has 0 bridgehead atoms. The molecule has 0 spiro atoms. The molecule has 0 atom stereocenters. The number of methoxy groups -OCH3 is 1. The summed E-state index contributed by atoms with van der Waals surface area (Å²) >= 11 is 0. The number of rotatable bonds is 5. The minimum Gasteiger partial charge on any atom is -0.495 e. The van der Waals surface area contributed by atoms with Crippen molar-refractivity contribution < 1.29 is 19.0 Å². The van der Waals surface area contributed by atoms with Crippen LogP contribution in [0.4, 0.5) is 11.4 Å². The number of carbonyl (C=O) groups is 1. The van der Waals surface area contributed by atoms with Crippen molar-refractivity contribution in [2.75, 3.05) is 37.5 Å². The molecule has 23 heavy (non-hydrogen) atoms. The van der Waals surface area contributed by atoms with Crippen LogP contribution < -0.4 is 24.8 Å². The molecule has 0 fully saturated rings. The van der Waals surface area contributed by atoms with Gasteiger partial charge in [0.05, 0.1) is 19.3 Å². The number of fused-ring (bicyclic) bond motifs is 1. The van der Waals surface area contributed by atoms with E-state index in [2.05, 4.69) is 10.6 Å². The molecule has 0 aromatic heterocycles. The first-order valence-corrected chi connectivity index (χ1v) is 7.32. The quantitative estimate of drug-likeness (QED) is 0.887. The van der Waals surface area contributed by atoms with Crippen LogP contribution in [0.2, 0.25) is 0 Å². The van der Waals surface area contributed by atoms with Gasteiger partial charge in [-0.15, -0.1) is 0 Å². The molecule has 1 aliphatic heterocycles. The Morgan fingerprint density at radius 2 is 1.91 bits per heavy atom. The molecule has 2 aromatic rings. The van der Waals surface area contributed by atoms with Crippen molar-refractivity contribution in [3.63, 3.8) is 0 Å². The Bertz CT molecular complexity index is 703. The third-order valence-corrected chi connectivity index (χ3v) is 3.37. The van der Waals surface area contributed by atoms with Crippen LogP contribution in [0, 0.1) is 0 Å². The van der Waals surface area contributed by atoms with Crippen molar-refractivity contribution in [2.24, 2.45) is 0 Å². The van der Waals surface area contributed by atoms with Crippen molar-refractivity contribution >= 4 is 17.3 Å². The molecule has 0 saturated carbocycles. The highest BCUT2D eigenvalue weighted by molar-refractivity contribution is 5.94. The Balaban J connectivity index is 1.59. The Morgan fingerprint density at radius 3 is 2.74 bits per heavy atom. The van der Waals surface area contributed by atoms with E-state index in [4.69, 9.17) is 14.2 Å². The van der Waals surface area contributed by atoms with Gasteiger partial charge in [-0.3, -0.25) is 4.79 Å². The molecule has 2 N–H and O–H groups in total. The summed E-state index contributed by atoms with van der Waals surface area (Å²) in [7, 11) is 1.59. The molecule has 0 aliphatic carbocycles. The summed E-state index contributed by atoms with van der Waals surface area (Å²) in [5.41, 5.74) is 1.44. The van der Waals surface area contributed by atoms with Gasteiger partial charge >= 0.3 is 0 Å². The molecular weight excluding hydrogens is 296 g/mol. The maximum atomic E-state index is 12.1. The van der Waals surface area contributed by atoms with E-state index in [1.807, 2.05) is 24.3 Å². The van der Waals surface area contributed by atoms with Crippen LogP contribution in [-0.4, -0.2) is 32.8 Å². The predicted molar refractivity (Wildman–Crippen MR) is 87.5 cm³/mol. The number of para-hydroxylation sites is 2. The lowest BCUT2D eigenvalue weighted by Gasteiger charge is -2.19. The number of benzene rings is 2. The van der Waals surface area contributed by atoms with Gasteiger partial charge in [-0.05, 0) is 24.3 Å². The van der Waals surface area contributed by atoms with E-state index in [0.717, 1.165) is 5.69 Å². The number of nitrogens with one attached hydrogen (secondary N) is 2. The minimum atomic E-state index is -0.160. The summed E-state index contributed by atoms with van der Waals surface area (Å²) < 4.78 is 16.2. The van der Waals surface area contributed by atoms with Crippen molar-refractivity contribution in [2.45, 2.75) is 0 Å². The van der Waals surface area contributed by atoms with Crippen LogP contribution in [0.25, 0.3) is 0 Å². The Kier molecular flexibility index (Phi) is 4.52. The molecule has 2 aromatic carbocycles. The van der Waals surface area contributed by atoms with Crippen molar-refractivity contribution in [1.82, 2.24) is 0 Å². The molecule has 3 rings (SSSR count). The lowest BCUT2D eigenvalue weighted by Crippen LogP contribution is -2.22. The molecular formula is C17H18N2O4. The summed E-state index contributed by atoms with van der Waals surface area (Å²) in [5.74, 6) is 1.88. The van der Waals surface area contributed by atoms with Gasteiger partial charge in [0.15, 0.2) is 11.5 Å². The number of hydrogen-bond acceptors (Lipinski definition) is 5. The summed E-state index contributed by atoms with van der Waals surface area (Å²) in [5, 5.41) is 5.88. The summed E-state index contributed by atoms with van der Waals surface area (Å²) in [6.45, 7) is 1.19. The standard InChI is InChI=1S/C17H18N2O4/c1-21-14-5-3-2-4-13(14)18-11-17(20)19-12-6-7-15-16(10-12)23-9-8-22-15/h2-7,10,18H,8-9,11H2,1H3,(H,19,20). The van der Waals surface area contributed by atoms with Gasteiger partial charge in [-0.25, -0.2) is 0 Å². The number of anilines is 2. The van der Waals surface area contributed by atoms with E-state index in [1.165, 1.54) is 0 Å². The second kappa shape index (κ2) is 6.91. The van der Waals surface area contributed by atoms with Gasteiger partial charge in [0.2, 0.25) is 5.91 Å². The van der Waals surface area contributed by atoms with Gasteiger partial charge in [0.25, 0.3) is 0 Å². The fourth-order valence-corrected chi connectivity index (χ4v) is 2.29. The second-order valence-corrected chi connectivity index (χ2v) is 4.96. The zero-order valence-electron chi connectivity index (χ0n) is 12.8. The third-order valence-electron chi connectivity index (χ3n) is 3.37. The molecule has 6 nitrogen and oxygen atoms in total. The van der Waals surface area contributed by atoms with E-state index >= 15 is 0 Å². The van der Waals surface area contributed by atoms with Gasteiger partial charge in [0, 0.05) is 11.8 Å². The maximum absolute atomic E-state index is 12.1. The fraction of sp³-hybridized carbons (Fsp3) is 0.235. The highest BCUT2D eigenvalue weighted by atomic mass is 16.6. The summed E-state index contributed by atoms with van der Waals surface area (Å²) in [6.07, 6.45) is 0. The van der Waals surface area contributed by atoms with E-state index in [9.17, 15) is 4.79 Å². The molecule has 0 unspecified atom stereocenters. The van der Waals surface area contributed by atoms with Crippen LogP contribution in [0.5, 0.6) is 17.2 Å². The Morgan fingerprint density at radius 1 is 1.13 bits per heavy atom. The number of carbonyl (C=O) groups excluding carboxylic acids is 1. The lowest BCUT2D eigenvalue weighted by molar-refractivity contribution is -0.114. The van der Waals surface area contributed by atoms with Crippen LogP contribution in [-0.2, 0) is 4.79 Å². The fourth-order valence-electron chi connectivity index (χ4n) is 2.29. The maximum Gasteiger partial charge on any atom is 0.243 e. The first kappa shape index (κ1) is 15.0. The van der Waals surface area contributed by atoms with E-state index in [1.54, 1.807) is 25.3 Å². The smallest absolute Gasteiger partial charge is 0.243 e.